The van der Waals surface area contributed by atoms with Crippen molar-refractivity contribution in [1.29, 1.82) is 0 Å². The lowest BCUT2D eigenvalue weighted by Gasteiger charge is -2.21. The number of hydrogen-bond acceptors (Lipinski definition) is 3. The van der Waals surface area contributed by atoms with Gasteiger partial charge in [0.1, 0.15) is 11.5 Å². The fourth-order valence-electron chi connectivity index (χ4n) is 2.09. The number of ether oxygens (including phenoxy) is 1. The highest BCUT2D eigenvalue weighted by Gasteiger charge is 2.20. The zero-order valence-electron chi connectivity index (χ0n) is 8.99. The summed E-state index contributed by atoms with van der Waals surface area (Å²) >= 11 is 1.76. The third-order valence-electron chi connectivity index (χ3n) is 2.90. The summed E-state index contributed by atoms with van der Waals surface area (Å²) in [6.07, 6.45) is 0. The topological polar surface area (TPSA) is 29.5 Å². The molecule has 0 aliphatic carbocycles. The van der Waals surface area contributed by atoms with Gasteiger partial charge in [-0.1, -0.05) is 24.3 Å². The van der Waals surface area contributed by atoms with E-state index in [9.17, 15) is 5.11 Å². The molecule has 0 saturated heterocycles. The van der Waals surface area contributed by atoms with Crippen molar-refractivity contribution >= 4 is 22.5 Å². The van der Waals surface area contributed by atoms with Crippen LogP contribution in [0.2, 0.25) is 0 Å². The van der Waals surface area contributed by atoms with Gasteiger partial charge in [0, 0.05) is 22.1 Å². The van der Waals surface area contributed by atoms with Gasteiger partial charge in [0.05, 0.1) is 11.5 Å². The molecule has 2 aromatic rings. The van der Waals surface area contributed by atoms with Crippen LogP contribution in [0.25, 0.3) is 10.8 Å². The average Bonchev–Trinajstić information content (AvgIpc) is 2.36. The van der Waals surface area contributed by atoms with Crippen molar-refractivity contribution in [3.63, 3.8) is 0 Å². The molecule has 0 spiro atoms. The van der Waals surface area contributed by atoms with Crippen molar-refractivity contribution in [3.05, 3.63) is 29.8 Å². The van der Waals surface area contributed by atoms with Crippen molar-refractivity contribution in [3.8, 4) is 11.5 Å². The Kier molecular flexibility index (Phi) is 2.21. The molecule has 0 saturated carbocycles. The van der Waals surface area contributed by atoms with E-state index in [4.69, 9.17) is 4.74 Å². The maximum Gasteiger partial charge on any atom is 0.141 e. The molecule has 2 aromatic carbocycles. The normalized spacial score (nSPS) is 14.6. The van der Waals surface area contributed by atoms with Gasteiger partial charge in [-0.25, -0.2) is 0 Å². The fourth-order valence-corrected chi connectivity index (χ4v) is 3.08. The largest absolute Gasteiger partial charge is 0.507 e. The summed E-state index contributed by atoms with van der Waals surface area (Å²) in [5, 5.41) is 12.0. The second-order valence-corrected chi connectivity index (χ2v) is 4.98. The molecule has 0 bridgehead atoms. The molecule has 0 aromatic heterocycles. The Hall–Kier alpha value is -1.35. The van der Waals surface area contributed by atoms with Crippen LogP contribution in [0.1, 0.15) is 5.56 Å². The zero-order valence-corrected chi connectivity index (χ0v) is 9.80. The van der Waals surface area contributed by atoms with Gasteiger partial charge in [0.2, 0.25) is 0 Å². The van der Waals surface area contributed by atoms with Crippen LogP contribution in [0.4, 0.5) is 0 Å². The summed E-state index contributed by atoms with van der Waals surface area (Å²) in [6.45, 7) is 2.69. The minimum atomic E-state index is 0.382. The SMILES string of the molecule is Cc1c2c(c3ccccc3c1O)OCCS2. The van der Waals surface area contributed by atoms with Crippen LogP contribution in [0.15, 0.2) is 29.2 Å². The highest BCUT2D eigenvalue weighted by Crippen LogP contribution is 2.46. The zero-order chi connectivity index (χ0) is 11.1. The second kappa shape index (κ2) is 3.59. The summed E-state index contributed by atoms with van der Waals surface area (Å²) in [6, 6.07) is 7.84. The number of phenols is 1. The molecule has 1 aliphatic rings. The highest BCUT2D eigenvalue weighted by atomic mass is 32.2. The lowest BCUT2D eigenvalue weighted by Crippen LogP contribution is -2.08. The van der Waals surface area contributed by atoms with Gasteiger partial charge in [-0.3, -0.25) is 0 Å². The van der Waals surface area contributed by atoms with Crippen LogP contribution in [0, 0.1) is 6.92 Å². The first-order valence-electron chi connectivity index (χ1n) is 5.29. The monoisotopic (exact) mass is 232 g/mol. The molecule has 16 heavy (non-hydrogen) atoms. The van der Waals surface area contributed by atoms with E-state index in [2.05, 4.69) is 0 Å². The number of benzene rings is 2. The molecule has 0 radical (unpaired) electrons. The molecule has 0 amide bonds. The van der Waals surface area contributed by atoms with E-state index < -0.39 is 0 Å². The maximum absolute atomic E-state index is 10.1. The van der Waals surface area contributed by atoms with Crippen molar-refractivity contribution in [2.45, 2.75) is 11.8 Å². The maximum atomic E-state index is 10.1. The van der Waals surface area contributed by atoms with E-state index in [0.29, 0.717) is 5.75 Å². The number of rotatable bonds is 0. The molecule has 0 atom stereocenters. The summed E-state index contributed by atoms with van der Waals surface area (Å²) in [7, 11) is 0. The summed E-state index contributed by atoms with van der Waals surface area (Å²) in [5.41, 5.74) is 0.929. The second-order valence-electron chi connectivity index (χ2n) is 3.87. The van der Waals surface area contributed by atoms with Crippen LogP contribution in [0.3, 0.4) is 0 Å². The van der Waals surface area contributed by atoms with E-state index in [1.807, 2.05) is 31.2 Å². The van der Waals surface area contributed by atoms with E-state index >= 15 is 0 Å². The van der Waals surface area contributed by atoms with Gasteiger partial charge >= 0.3 is 0 Å². The van der Waals surface area contributed by atoms with Gasteiger partial charge in [0.25, 0.3) is 0 Å². The summed E-state index contributed by atoms with van der Waals surface area (Å²) < 4.78 is 5.74. The quantitative estimate of drug-likeness (QED) is 0.755. The van der Waals surface area contributed by atoms with Crippen molar-refractivity contribution in [1.82, 2.24) is 0 Å². The first-order chi connectivity index (χ1) is 7.79. The minimum absolute atomic E-state index is 0.382. The number of phenolic OH excluding ortho intramolecular Hbond substituents is 1. The Bertz CT molecular complexity index is 563. The Morgan fingerprint density at radius 1 is 1.25 bits per heavy atom. The highest BCUT2D eigenvalue weighted by molar-refractivity contribution is 7.99. The van der Waals surface area contributed by atoms with Crippen LogP contribution < -0.4 is 4.74 Å². The Balaban J connectivity index is 2.45. The molecule has 1 aliphatic heterocycles. The predicted octanol–water partition coefficient (Wildman–Crippen LogP) is 3.34. The smallest absolute Gasteiger partial charge is 0.141 e. The lowest BCUT2D eigenvalue weighted by atomic mass is 10.0. The lowest BCUT2D eigenvalue weighted by molar-refractivity contribution is 0.333. The fraction of sp³-hybridized carbons (Fsp3) is 0.231. The Labute approximate surface area is 98.2 Å². The van der Waals surface area contributed by atoms with Crippen molar-refractivity contribution in [2.24, 2.45) is 0 Å². The summed E-state index contributed by atoms with van der Waals surface area (Å²) in [5.74, 6) is 2.26. The number of aromatic hydroxyl groups is 1. The molecular formula is C13H12O2S. The van der Waals surface area contributed by atoms with Crippen LogP contribution >= 0.6 is 11.8 Å². The summed E-state index contributed by atoms with van der Waals surface area (Å²) in [4.78, 5) is 1.09. The van der Waals surface area contributed by atoms with Gasteiger partial charge in [-0.15, -0.1) is 11.8 Å². The molecule has 1 heterocycles. The molecule has 0 unspecified atom stereocenters. The van der Waals surface area contributed by atoms with Crippen LogP contribution in [0.5, 0.6) is 11.5 Å². The standard InChI is InChI=1S/C13H12O2S/c1-8-11(14)9-4-2-3-5-10(9)12-13(8)16-7-6-15-12/h2-5,14H,6-7H2,1H3. The minimum Gasteiger partial charge on any atom is -0.507 e. The van der Waals surface area contributed by atoms with E-state index in [1.54, 1.807) is 11.8 Å². The van der Waals surface area contributed by atoms with Crippen LogP contribution in [-0.4, -0.2) is 17.5 Å². The first kappa shape index (κ1) is 9.85. The molecule has 3 heteroatoms. The first-order valence-corrected chi connectivity index (χ1v) is 6.27. The number of fused-ring (bicyclic) bond motifs is 3. The van der Waals surface area contributed by atoms with Gasteiger partial charge < -0.3 is 9.84 Å². The Morgan fingerprint density at radius 3 is 2.81 bits per heavy atom. The van der Waals surface area contributed by atoms with Gasteiger partial charge in [-0.05, 0) is 6.92 Å². The number of thioether (sulfide) groups is 1. The third kappa shape index (κ3) is 1.28. The molecule has 2 nitrogen and oxygen atoms in total. The number of hydrogen-bond donors (Lipinski definition) is 1. The molecule has 0 fully saturated rings. The molecule has 3 rings (SSSR count). The average molecular weight is 232 g/mol. The third-order valence-corrected chi connectivity index (χ3v) is 4.06. The van der Waals surface area contributed by atoms with E-state index in [-0.39, 0.29) is 0 Å². The molecule has 1 N–H and O–H groups in total. The van der Waals surface area contributed by atoms with Crippen molar-refractivity contribution < 1.29 is 9.84 Å². The van der Waals surface area contributed by atoms with Gasteiger partial charge in [0.15, 0.2) is 0 Å². The molecular weight excluding hydrogens is 220 g/mol. The molecule has 82 valence electrons. The van der Waals surface area contributed by atoms with Crippen LogP contribution in [-0.2, 0) is 0 Å². The van der Waals surface area contributed by atoms with Gasteiger partial charge in [-0.2, -0.15) is 0 Å². The predicted molar refractivity (Wildman–Crippen MR) is 66.6 cm³/mol. The van der Waals surface area contributed by atoms with E-state index in [0.717, 1.165) is 39.3 Å². The van der Waals surface area contributed by atoms with Crippen molar-refractivity contribution in [2.75, 3.05) is 12.4 Å². The van der Waals surface area contributed by atoms with E-state index in [1.165, 1.54) is 0 Å². The Morgan fingerprint density at radius 2 is 2.00 bits per heavy atom.